The Morgan fingerprint density at radius 1 is 1.50 bits per heavy atom. The Morgan fingerprint density at radius 3 is 2.83 bits per heavy atom. The van der Waals surface area contributed by atoms with Crippen molar-refractivity contribution in [3.8, 4) is 6.07 Å². The van der Waals surface area contributed by atoms with Crippen LogP contribution in [0, 0.1) is 17.1 Å². The van der Waals surface area contributed by atoms with Crippen LogP contribution in [0.25, 0.3) is 0 Å². The number of hydrogen-bond donors (Lipinski definition) is 0. The molecule has 96 valence electrons. The summed E-state index contributed by atoms with van der Waals surface area (Å²) in [6.45, 7) is 5.81. The number of hydrogen-bond acceptors (Lipinski definition) is 3. The normalized spacial score (nSPS) is 18.5. The van der Waals surface area contributed by atoms with E-state index in [1.807, 2.05) is 24.8 Å². The Balaban J connectivity index is 2.46. The molecule has 0 N–H and O–H groups in total. The zero-order valence-corrected chi connectivity index (χ0v) is 11.9. The van der Waals surface area contributed by atoms with Crippen molar-refractivity contribution in [2.24, 2.45) is 0 Å². The van der Waals surface area contributed by atoms with E-state index in [4.69, 9.17) is 10.00 Å². The highest BCUT2D eigenvalue weighted by molar-refractivity contribution is 9.10. The van der Waals surface area contributed by atoms with Crippen molar-refractivity contribution in [1.29, 1.82) is 5.26 Å². The van der Waals surface area contributed by atoms with Crippen LogP contribution < -0.4 is 4.90 Å². The van der Waals surface area contributed by atoms with Crippen LogP contribution in [0.5, 0.6) is 0 Å². The van der Waals surface area contributed by atoms with Crippen molar-refractivity contribution in [2.45, 2.75) is 19.4 Å². The second kappa shape index (κ2) is 4.87. The maximum Gasteiger partial charge on any atom is 0.162 e. The molecule has 0 atom stereocenters. The van der Waals surface area contributed by atoms with Gasteiger partial charge in [-0.05, 0) is 41.9 Å². The Labute approximate surface area is 114 Å². The molecule has 0 unspecified atom stereocenters. The molecular formula is C13H14BrFN2O. The van der Waals surface area contributed by atoms with Gasteiger partial charge in [0.2, 0.25) is 0 Å². The first-order chi connectivity index (χ1) is 8.47. The monoisotopic (exact) mass is 312 g/mol. The molecular weight excluding hydrogens is 299 g/mol. The van der Waals surface area contributed by atoms with Crippen molar-refractivity contribution in [3.63, 3.8) is 0 Å². The van der Waals surface area contributed by atoms with Crippen molar-refractivity contribution in [3.05, 3.63) is 28.0 Å². The molecule has 3 nitrogen and oxygen atoms in total. The maximum absolute atomic E-state index is 14.3. The van der Waals surface area contributed by atoms with Crippen molar-refractivity contribution in [2.75, 3.05) is 24.7 Å². The smallest absolute Gasteiger partial charge is 0.162 e. The minimum absolute atomic E-state index is 0.227. The van der Waals surface area contributed by atoms with Gasteiger partial charge in [0.15, 0.2) is 5.82 Å². The van der Waals surface area contributed by atoms with E-state index in [1.165, 1.54) is 0 Å². The molecule has 1 aliphatic rings. The fourth-order valence-corrected chi connectivity index (χ4v) is 2.56. The Morgan fingerprint density at radius 2 is 2.22 bits per heavy atom. The molecule has 0 aromatic heterocycles. The van der Waals surface area contributed by atoms with E-state index in [9.17, 15) is 4.39 Å². The lowest BCUT2D eigenvalue weighted by Gasteiger charge is -2.44. The summed E-state index contributed by atoms with van der Waals surface area (Å²) in [5.41, 5.74) is 0.559. The standard InChI is InChI=1S/C13H14BrFN2O/c1-13(2)8-18-6-5-17(13)10-4-3-9(7-16)11(14)12(10)15/h3-4H,5-6,8H2,1-2H3. The lowest BCUT2D eigenvalue weighted by Crippen LogP contribution is -2.53. The number of morpholine rings is 1. The van der Waals surface area contributed by atoms with Crippen LogP contribution in [-0.4, -0.2) is 25.3 Å². The average Bonchev–Trinajstić information content (AvgIpc) is 2.33. The highest BCUT2D eigenvalue weighted by Gasteiger charge is 2.32. The summed E-state index contributed by atoms with van der Waals surface area (Å²) in [6.07, 6.45) is 0. The zero-order chi connectivity index (χ0) is 13.3. The summed E-state index contributed by atoms with van der Waals surface area (Å²) >= 11 is 3.14. The highest BCUT2D eigenvalue weighted by atomic mass is 79.9. The van der Waals surface area contributed by atoms with E-state index in [2.05, 4.69) is 15.9 Å². The van der Waals surface area contributed by atoms with Gasteiger partial charge in [-0.3, -0.25) is 0 Å². The fraction of sp³-hybridized carbons (Fsp3) is 0.462. The molecule has 0 amide bonds. The van der Waals surface area contributed by atoms with Crippen LogP contribution in [-0.2, 0) is 4.74 Å². The number of nitrogens with zero attached hydrogens (tertiary/aromatic N) is 2. The molecule has 0 aliphatic carbocycles. The first-order valence-electron chi connectivity index (χ1n) is 5.71. The van der Waals surface area contributed by atoms with Gasteiger partial charge in [0.1, 0.15) is 6.07 Å². The molecule has 5 heteroatoms. The molecule has 2 rings (SSSR count). The predicted octanol–water partition coefficient (Wildman–Crippen LogP) is 3.08. The summed E-state index contributed by atoms with van der Waals surface area (Å²) in [6, 6.07) is 5.25. The zero-order valence-electron chi connectivity index (χ0n) is 10.3. The number of ether oxygens (including phenoxy) is 1. The van der Waals surface area contributed by atoms with Crippen LogP contribution in [0.2, 0.25) is 0 Å². The molecule has 0 bridgehead atoms. The van der Waals surface area contributed by atoms with E-state index in [-0.39, 0.29) is 15.8 Å². The van der Waals surface area contributed by atoms with Crippen molar-refractivity contribution in [1.82, 2.24) is 0 Å². The molecule has 0 radical (unpaired) electrons. The van der Waals surface area contributed by atoms with Crippen LogP contribution in [0.1, 0.15) is 19.4 Å². The third kappa shape index (κ3) is 2.23. The van der Waals surface area contributed by atoms with E-state index in [1.54, 1.807) is 12.1 Å². The molecule has 1 saturated heterocycles. The summed E-state index contributed by atoms with van der Waals surface area (Å²) in [5.74, 6) is -0.385. The molecule has 1 aromatic carbocycles. The second-order valence-corrected chi connectivity index (χ2v) is 5.68. The fourth-order valence-electron chi connectivity index (χ4n) is 2.14. The summed E-state index contributed by atoms with van der Waals surface area (Å²) in [4.78, 5) is 1.98. The number of halogens is 2. The summed E-state index contributed by atoms with van der Waals surface area (Å²) < 4.78 is 19.9. The van der Waals surface area contributed by atoms with Crippen molar-refractivity contribution >= 4 is 21.6 Å². The Bertz CT molecular complexity index is 510. The Kier molecular flexibility index (Phi) is 3.60. The van der Waals surface area contributed by atoms with Crippen LogP contribution >= 0.6 is 15.9 Å². The third-order valence-corrected chi connectivity index (χ3v) is 3.89. The van der Waals surface area contributed by atoms with E-state index >= 15 is 0 Å². The van der Waals surface area contributed by atoms with Gasteiger partial charge in [0.05, 0.1) is 34.5 Å². The topological polar surface area (TPSA) is 36.3 Å². The molecule has 1 aromatic rings. The van der Waals surface area contributed by atoms with Gasteiger partial charge in [-0.25, -0.2) is 4.39 Å². The number of anilines is 1. The molecule has 1 heterocycles. The van der Waals surface area contributed by atoms with Gasteiger partial charge in [-0.15, -0.1) is 0 Å². The van der Waals surface area contributed by atoms with Crippen LogP contribution in [0.15, 0.2) is 16.6 Å². The predicted molar refractivity (Wildman–Crippen MR) is 71.1 cm³/mol. The van der Waals surface area contributed by atoms with Gasteiger partial charge in [-0.1, -0.05) is 0 Å². The number of rotatable bonds is 1. The number of benzene rings is 1. The average molecular weight is 313 g/mol. The van der Waals surface area contributed by atoms with Crippen LogP contribution in [0.3, 0.4) is 0 Å². The summed E-state index contributed by atoms with van der Waals surface area (Å²) in [5, 5.41) is 8.87. The molecule has 18 heavy (non-hydrogen) atoms. The second-order valence-electron chi connectivity index (χ2n) is 4.89. The van der Waals surface area contributed by atoms with Crippen molar-refractivity contribution < 1.29 is 9.13 Å². The minimum atomic E-state index is -0.385. The van der Waals surface area contributed by atoms with Gasteiger partial charge < -0.3 is 9.64 Å². The first kappa shape index (κ1) is 13.3. The first-order valence-corrected chi connectivity index (χ1v) is 6.50. The molecule has 0 spiro atoms. The molecule has 1 aliphatic heterocycles. The lowest BCUT2D eigenvalue weighted by molar-refractivity contribution is 0.0640. The molecule has 0 saturated carbocycles. The van der Waals surface area contributed by atoms with Crippen LogP contribution in [0.4, 0.5) is 10.1 Å². The van der Waals surface area contributed by atoms with Gasteiger partial charge in [0.25, 0.3) is 0 Å². The van der Waals surface area contributed by atoms with Gasteiger partial charge >= 0.3 is 0 Å². The van der Waals surface area contributed by atoms with E-state index in [0.717, 1.165) is 0 Å². The quantitative estimate of drug-likeness (QED) is 0.799. The largest absolute Gasteiger partial charge is 0.377 e. The van der Waals surface area contributed by atoms with E-state index < -0.39 is 0 Å². The maximum atomic E-state index is 14.3. The lowest BCUT2D eigenvalue weighted by atomic mass is 10.0. The van der Waals surface area contributed by atoms with Gasteiger partial charge in [-0.2, -0.15) is 5.26 Å². The minimum Gasteiger partial charge on any atom is -0.377 e. The SMILES string of the molecule is CC1(C)COCCN1c1ccc(C#N)c(Br)c1F. The highest BCUT2D eigenvalue weighted by Crippen LogP contribution is 2.34. The third-order valence-electron chi connectivity index (χ3n) is 3.12. The van der Waals surface area contributed by atoms with E-state index in [0.29, 0.717) is 31.0 Å². The Hall–Kier alpha value is -1.12. The number of nitriles is 1. The van der Waals surface area contributed by atoms with Gasteiger partial charge in [0, 0.05) is 6.54 Å². The summed E-state index contributed by atoms with van der Waals surface area (Å²) in [7, 11) is 0. The molecule has 1 fully saturated rings.